The third kappa shape index (κ3) is 4.93. The zero-order valence-corrected chi connectivity index (χ0v) is 14.6. The van der Waals surface area contributed by atoms with Crippen LogP contribution >= 0.6 is 0 Å². The first-order valence-corrected chi connectivity index (χ1v) is 10.1. The first kappa shape index (κ1) is 17.7. The Labute approximate surface area is 134 Å². The summed E-state index contributed by atoms with van der Waals surface area (Å²) in [5, 5.41) is 0. The predicted octanol–water partition coefficient (Wildman–Crippen LogP) is 0.602. The van der Waals surface area contributed by atoms with Gasteiger partial charge in [0.1, 0.15) is 0 Å². The molecular weight excluding hydrogens is 302 g/mol. The summed E-state index contributed by atoms with van der Waals surface area (Å²) in [7, 11) is -1.25. The quantitative estimate of drug-likeness (QED) is 0.740. The molecule has 0 spiro atoms. The van der Waals surface area contributed by atoms with E-state index in [1.165, 1.54) is 29.8 Å². The summed E-state index contributed by atoms with van der Waals surface area (Å²) in [6, 6.07) is 0. The van der Waals surface area contributed by atoms with Gasteiger partial charge in [-0.1, -0.05) is 6.42 Å². The molecule has 0 radical (unpaired) electrons. The Hall–Kier alpha value is -0.660. The number of rotatable bonds is 5. The minimum Gasteiger partial charge on any atom is -0.344 e. The van der Waals surface area contributed by atoms with Gasteiger partial charge >= 0.3 is 0 Å². The molecule has 2 fully saturated rings. The van der Waals surface area contributed by atoms with Gasteiger partial charge in [-0.15, -0.1) is 0 Å². The Morgan fingerprint density at radius 1 is 1.09 bits per heavy atom. The topological polar surface area (TPSA) is 60.9 Å². The first-order valence-electron chi connectivity index (χ1n) is 8.30. The van der Waals surface area contributed by atoms with Gasteiger partial charge in [0.25, 0.3) is 0 Å². The fourth-order valence-corrected chi connectivity index (χ4v) is 4.20. The third-order valence-electron chi connectivity index (χ3n) is 4.85. The molecule has 0 aromatic heterocycles. The van der Waals surface area contributed by atoms with E-state index in [-0.39, 0.29) is 11.8 Å². The number of hydrogen-bond acceptors (Lipinski definition) is 4. The van der Waals surface area contributed by atoms with Crippen LogP contribution in [0, 0.1) is 5.92 Å². The number of sulfonamides is 1. The Morgan fingerprint density at radius 3 is 2.23 bits per heavy atom. The highest BCUT2D eigenvalue weighted by molar-refractivity contribution is 7.88. The molecule has 6 nitrogen and oxygen atoms in total. The van der Waals surface area contributed by atoms with E-state index in [9.17, 15) is 13.2 Å². The highest BCUT2D eigenvalue weighted by atomic mass is 32.2. The van der Waals surface area contributed by atoms with E-state index >= 15 is 0 Å². The normalized spacial score (nSPS) is 22.6. The van der Waals surface area contributed by atoms with E-state index in [0.717, 1.165) is 26.2 Å². The summed E-state index contributed by atoms with van der Waals surface area (Å²) in [4.78, 5) is 16.7. The monoisotopic (exact) mass is 331 g/mol. The zero-order chi connectivity index (χ0) is 16.2. The molecule has 128 valence electrons. The third-order valence-corrected chi connectivity index (χ3v) is 6.15. The van der Waals surface area contributed by atoms with E-state index in [0.29, 0.717) is 25.9 Å². The summed E-state index contributed by atoms with van der Waals surface area (Å²) in [5.74, 6) is 0.148. The molecule has 7 heteroatoms. The second-order valence-corrected chi connectivity index (χ2v) is 8.58. The van der Waals surface area contributed by atoms with Gasteiger partial charge in [-0.2, -0.15) is 0 Å². The van der Waals surface area contributed by atoms with Gasteiger partial charge in [0.2, 0.25) is 15.9 Å². The largest absolute Gasteiger partial charge is 0.344 e. The maximum absolute atomic E-state index is 12.5. The Balaban J connectivity index is 1.74. The average molecular weight is 331 g/mol. The zero-order valence-electron chi connectivity index (χ0n) is 13.8. The van der Waals surface area contributed by atoms with Crippen molar-refractivity contribution in [2.75, 3.05) is 52.6 Å². The van der Waals surface area contributed by atoms with Gasteiger partial charge in [0.05, 0.1) is 6.26 Å². The second-order valence-electron chi connectivity index (χ2n) is 6.60. The lowest BCUT2D eigenvalue weighted by Gasteiger charge is -2.33. The van der Waals surface area contributed by atoms with Crippen LogP contribution in [-0.4, -0.2) is 81.0 Å². The van der Waals surface area contributed by atoms with E-state index in [2.05, 4.69) is 4.90 Å². The molecular formula is C15H29N3O3S. The molecule has 0 aromatic rings. The van der Waals surface area contributed by atoms with Crippen LogP contribution in [0.1, 0.15) is 32.1 Å². The number of nitrogens with zero attached hydrogens (tertiary/aromatic N) is 3. The van der Waals surface area contributed by atoms with E-state index in [4.69, 9.17) is 0 Å². The minimum absolute atomic E-state index is 0.0237. The van der Waals surface area contributed by atoms with Gasteiger partial charge in [-0.25, -0.2) is 12.7 Å². The number of amides is 1. The SMILES string of the molecule is CN(CCN1CCCCC1)C(=O)C1CCN(S(C)(=O)=O)CC1. The molecule has 2 heterocycles. The van der Waals surface area contributed by atoms with E-state index in [1.54, 1.807) is 0 Å². The van der Waals surface area contributed by atoms with Crippen LogP contribution in [0.2, 0.25) is 0 Å². The van der Waals surface area contributed by atoms with Crippen LogP contribution in [-0.2, 0) is 14.8 Å². The lowest BCUT2D eigenvalue weighted by Crippen LogP contribution is -2.45. The van der Waals surface area contributed by atoms with Crippen LogP contribution in [0.25, 0.3) is 0 Å². The van der Waals surface area contributed by atoms with Crippen LogP contribution < -0.4 is 0 Å². The molecule has 0 aliphatic carbocycles. The van der Waals surface area contributed by atoms with E-state index in [1.807, 2.05) is 11.9 Å². The van der Waals surface area contributed by atoms with Gasteiger partial charge in [-0.3, -0.25) is 4.79 Å². The van der Waals surface area contributed by atoms with Gasteiger partial charge in [0, 0.05) is 39.1 Å². The van der Waals surface area contributed by atoms with Crippen molar-refractivity contribution in [1.82, 2.24) is 14.1 Å². The maximum Gasteiger partial charge on any atom is 0.225 e. The molecule has 2 saturated heterocycles. The highest BCUT2D eigenvalue weighted by Gasteiger charge is 2.30. The highest BCUT2D eigenvalue weighted by Crippen LogP contribution is 2.21. The van der Waals surface area contributed by atoms with Crippen molar-refractivity contribution in [2.45, 2.75) is 32.1 Å². The fraction of sp³-hybridized carbons (Fsp3) is 0.933. The maximum atomic E-state index is 12.5. The number of hydrogen-bond donors (Lipinski definition) is 0. The van der Waals surface area contributed by atoms with Crippen molar-refractivity contribution < 1.29 is 13.2 Å². The number of carbonyl (C=O) groups is 1. The second kappa shape index (κ2) is 7.75. The number of likely N-dealkylation sites (N-methyl/N-ethyl adjacent to an activating group) is 1. The summed E-state index contributed by atoms with van der Waals surface area (Å²) in [5.41, 5.74) is 0. The number of piperidine rings is 2. The smallest absolute Gasteiger partial charge is 0.225 e. The van der Waals surface area contributed by atoms with Gasteiger partial charge in [0.15, 0.2) is 0 Å². The average Bonchev–Trinajstić information content (AvgIpc) is 2.52. The molecule has 2 rings (SSSR count). The van der Waals surface area contributed by atoms with Crippen molar-refractivity contribution in [3.8, 4) is 0 Å². The summed E-state index contributed by atoms with van der Waals surface area (Å²) >= 11 is 0. The Morgan fingerprint density at radius 2 is 1.68 bits per heavy atom. The van der Waals surface area contributed by atoms with Crippen molar-refractivity contribution in [1.29, 1.82) is 0 Å². The molecule has 0 saturated carbocycles. The van der Waals surface area contributed by atoms with Crippen LogP contribution in [0.4, 0.5) is 0 Å². The molecule has 1 amide bonds. The fourth-order valence-electron chi connectivity index (χ4n) is 3.33. The number of carbonyl (C=O) groups excluding carboxylic acids is 1. The molecule has 2 aliphatic rings. The van der Waals surface area contributed by atoms with Crippen molar-refractivity contribution in [2.24, 2.45) is 5.92 Å². The van der Waals surface area contributed by atoms with E-state index < -0.39 is 10.0 Å². The molecule has 2 aliphatic heterocycles. The Kier molecular flexibility index (Phi) is 6.23. The van der Waals surface area contributed by atoms with Crippen molar-refractivity contribution >= 4 is 15.9 Å². The van der Waals surface area contributed by atoms with Crippen molar-refractivity contribution in [3.63, 3.8) is 0 Å². The molecule has 0 atom stereocenters. The minimum atomic E-state index is -3.12. The summed E-state index contributed by atoms with van der Waals surface area (Å²) in [6.45, 7) is 4.95. The number of likely N-dealkylation sites (tertiary alicyclic amines) is 1. The van der Waals surface area contributed by atoms with Crippen molar-refractivity contribution in [3.05, 3.63) is 0 Å². The first-order chi connectivity index (χ1) is 10.4. The molecule has 0 aromatic carbocycles. The summed E-state index contributed by atoms with van der Waals surface area (Å²) in [6.07, 6.45) is 6.37. The standard InChI is InChI=1S/C15H29N3O3S/c1-16(12-13-17-8-4-3-5-9-17)15(19)14-6-10-18(11-7-14)22(2,20)21/h14H,3-13H2,1-2H3. The van der Waals surface area contributed by atoms with Crippen LogP contribution in [0.3, 0.4) is 0 Å². The lowest BCUT2D eigenvalue weighted by molar-refractivity contribution is -0.135. The van der Waals surface area contributed by atoms with Gasteiger partial charge in [-0.05, 0) is 38.8 Å². The van der Waals surface area contributed by atoms with Crippen LogP contribution in [0.15, 0.2) is 0 Å². The molecule has 0 unspecified atom stereocenters. The molecule has 0 bridgehead atoms. The Bertz CT molecular complexity index is 466. The van der Waals surface area contributed by atoms with Crippen LogP contribution in [0.5, 0.6) is 0 Å². The lowest BCUT2D eigenvalue weighted by atomic mass is 9.96. The molecule has 0 N–H and O–H groups in total. The predicted molar refractivity (Wildman–Crippen MR) is 87.1 cm³/mol. The summed E-state index contributed by atoms with van der Waals surface area (Å²) < 4.78 is 24.5. The molecule has 22 heavy (non-hydrogen) atoms. The van der Waals surface area contributed by atoms with Gasteiger partial charge < -0.3 is 9.80 Å².